The molecule has 21 heavy (non-hydrogen) atoms. The van der Waals surface area contributed by atoms with Crippen molar-refractivity contribution in [2.75, 3.05) is 26.2 Å². The van der Waals surface area contributed by atoms with Crippen LogP contribution in [0.3, 0.4) is 0 Å². The molecule has 2 heterocycles. The second kappa shape index (κ2) is 7.45. The summed E-state index contributed by atoms with van der Waals surface area (Å²) in [5, 5.41) is 3.49. The first-order valence-corrected chi connectivity index (χ1v) is 8.27. The van der Waals surface area contributed by atoms with Crippen molar-refractivity contribution in [3.8, 4) is 0 Å². The van der Waals surface area contributed by atoms with E-state index in [1.165, 1.54) is 12.8 Å². The molecule has 0 spiro atoms. The number of amides is 1. The maximum atomic E-state index is 12.0. The minimum absolute atomic E-state index is 0.198. The number of carbonyl (C=O) groups excluding carboxylic acids is 1. The molecule has 5 heteroatoms. The summed E-state index contributed by atoms with van der Waals surface area (Å²) in [6.45, 7) is 9.16. The molecule has 5 nitrogen and oxygen atoms in total. The van der Waals surface area contributed by atoms with Crippen LogP contribution in [-0.4, -0.2) is 55.0 Å². The van der Waals surface area contributed by atoms with E-state index in [0.717, 1.165) is 45.5 Å². The Morgan fingerprint density at radius 1 is 1.24 bits per heavy atom. The fourth-order valence-electron chi connectivity index (χ4n) is 2.91. The first kappa shape index (κ1) is 16.6. The van der Waals surface area contributed by atoms with Gasteiger partial charge >= 0.3 is 6.09 Å². The third-order valence-corrected chi connectivity index (χ3v) is 4.08. The molecule has 122 valence electrons. The van der Waals surface area contributed by atoms with Gasteiger partial charge in [0.2, 0.25) is 0 Å². The average Bonchev–Trinajstić information content (AvgIpc) is 2.91. The molecule has 2 aliphatic heterocycles. The van der Waals surface area contributed by atoms with Gasteiger partial charge in [-0.25, -0.2) is 4.79 Å². The van der Waals surface area contributed by atoms with Crippen LogP contribution in [0.1, 0.15) is 52.9 Å². The van der Waals surface area contributed by atoms with Crippen LogP contribution in [0.2, 0.25) is 0 Å². The Balaban J connectivity index is 1.60. The molecular formula is C16H30N2O3. The normalized spacial score (nSPS) is 24.3. The molecule has 0 radical (unpaired) electrons. The van der Waals surface area contributed by atoms with Crippen molar-refractivity contribution < 1.29 is 14.3 Å². The highest BCUT2D eigenvalue weighted by Gasteiger charge is 2.27. The van der Waals surface area contributed by atoms with Crippen molar-refractivity contribution in [2.45, 2.75) is 70.6 Å². The Morgan fingerprint density at radius 3 is 2.52 bits per heavy atom. The van der Waals surface area contributed by atoms with Crippen molar-refractivity contribution in [2.24, 2.45) is 0 Å². The van der Waals surface area contributed by atoms with Crippen molar-refractivity contribution >= 4 is 6.09 Å². The fourth-order valence-corrected chi connectivity index (χ4v) is 2.91. The summed E-state index contributed by atoms with van der Waals surface area (Å²) in [6.07, 6.45) is 5.60. The first-order chi connectivity index (χ1) is 9.94. The number of nitrogens with zero attached hydrogens (tertiary/aromatic N) is 1. The maximum Gasteiger partial charge on any atom is 0.410 e. The quantitative estimate of drug-likeness (QED) is 0.866. The van der Waals surface area contributed by atoms with Crippen molar-refractivity contribution in [1.82, 2.24) is 10.2 Å². The van der Waals surface area contributed by atoms with E-state index in [2.05, 4.69) is 5.32 Å². The largest absolute Gasteiger partial charge is 0.444 e. The van der Waals surface area contributed by atoms with Crippen LogP contribution in [0, 0.1) is 0 Å². The molecule has 2 rings (SSSR count). The van der Waals surface area contributed by atoms with Crippen LogP contribution in [0.4, 0.5) is 4.79 Å². The molecule has 0 bridgehead atoms. The van der Waals surface area contributed by atoms with E-state index in [1.54, 1.807) is 4.90 Å². The SMILES string of the molecule is CC(C)(C)OC(=O)N1CCC(OCCC2CCCN2)CC1. The zero-order chi connectivity index (χ0) is 15.3. The van der Waals surface area contributed by atoms with Gasteiger partial charge in [-0.2, -0.15) is 0 Å². The topological polar surface area (TPSA) is 50.8 Å². The summed E-state index contributed by atoms with van der Waals surface area (Å²) in [6, 6.07) is 0.645. The van der Waals surface area contributed by atoms with Crippen LogP contribution < -0.4 is 5.32 Å². The number of rotatable bonds is 4. The minimum Gasteiger partial charge on any atom is -0.444 e. The number of ether oxygens (including phenoxy) is 2. The number of carbonyl (C=O) groups is 1. The Morgan fingerprint density at radius 2 is 1.95 bits per heavy atom. The van der Waals surface area contributed by atoms with Gasteiger partial charge in [0.25, 0.3) is 0 Å². The number of piperidine rings is 1. The Labute approximate surface area is 128 Å². The number of hydrogen-bond donors (Lipinski definition) is 1. The lowest BCUT2D eigenvalue weighted by Crippen LogP contribution is -2.43. The van der Waals surface area contributed by atoms with Crippen molar-refractivity contribution in [3.63, 3.8) is 0 Å². The standard InChI is InChI=1S/C16H30N2O3/c1-16(2,3)21-15(19)18-10-6-14(7-11-18)20-12-8-13-5-4-9-17-13/h13-14,17H,4-12H2,1-3H3. The van der Waals surface area contributed by atoms with Gasteiger partial charge in [-0.05, 0) is 59.4 Å². The molecule has 2 saturated heterocycles. The van der Waals surface area contributed by atoms with Gasteiger partial charge in [-0.3, -0.25) is 0 Å². The van der Waals surface area contributed by atoms with Gasteiger partial charge in [-0.15, -0.1) is 0 Å². The molecular weight excluding hydrogens is 268 g/mol. The van der Waals surface area contributed by atoms with Crippen molar-refractivity contribution in [3.05, 3.63) is 0 Å². The Hall–Kier alpha value is -0.810. The highest BCUT2D eigenvalue weighted by Crippen LogP contribution is 2.18. The lowest BCUT2D eigenvalue weighted by molar-refractivity contribution is -0.0129. The Bertz CT molecular complexity index is 327. The lowest BCUT2D eigenvalue weighted by Gasteiger charge is -2.33. The first-order valence-electron chi connectivity index (χ1n) is 8.27. The molecule has 2 fully saturated rings. The van der Waals surface area contributed by atoms with Crippen molar-refractivity contribution in [1.29, 1.82) is 0 Å². The van der Waals surface area contributed by atoms with Crippen LogP contribution in [0.15, 0.2) is 0 Å². The second-order valence-electron chi connectivity index (χ2n) is 7.12. The molecule has 0 aromatic rings. The summed E-state index contributed by atoms with van der Waals surface area (Å²) in [5.74, 6) is 0. The molecule has 0 aromatic carbocycles. The summed E-state index contributed by atoms with van der Waals surface area (Å²) >= 11 is 0. The highest BCUT2D eigenvalue weighted by atomic mass is 16.6. The number of hydrogen-bond acceptors (Lipinski definition) is 4. The lowest BCUT2D eigenvalue weighted by atomic mass is 10.1. The third-order valence-electron chi connectivity index (χ3n) is 4.08. The average molecular weight is 298 g/mol. The van der Waals surface area contributed by atoms with E-state index in [4.69, 9.17) is 9.47 Å². The summed E-state index contributed by atoms with van der Waals surface area (Å²) in [5.41, 5.74) is -0.418. The third kappa shape index (κ3) is 5.83. The van der Waals surface area contributed by atoms with E-state index in [0.29, 0.717) is 12.1 Å². The molecule has 1 atom stereocenters. The van der Waals surface area contributed by atoms with E-state index >= 15 is 0 Å². The molecule has 0 aromatic heterocycles. The van der Waals surface area contributed by atoms with Gasteiger partial charge in [-0.1, -0.05) is 0 Å². The van der Waals surface area contributed by atoms with Gasteiger partial charge in [0.15, 0.2) is 0 Å². The van der Waals surface area contributed by atoms with E-state index < -0.39 is 5.60 Å². The number of likely N-dealkylation sites (tertiary alicyclic amines) is 1. The molecule has 2 aliphatic rings. The molecule has 0 aliphatic carbocycles. The molecule has 1 amide bonds. The van der Waals surface area contributed by atoms with E-state index in [-0.39, 0.29) is 6.09 Å². The van der Waals surface area contributed by atoms with Gasteiger partial charge < -0.3 is 19.7 Å². The predicted octanol–water partition coefficient (Wildman–Crippen LogP) is 2.54. The minimum atomic E-state index is -0.418. The van der Waals surface area contributed by atoms with Crippen LogP contribution in [-0.2, 0) is 9.47 Å². The summed E-state index contributed by atoms with van der Waals surface area (Å²) in [7, 11) is 0. The van der Waals surface area contributed by atoms with Gasteiger partial charge in [0.1, 0.15) is 5.60 Å². The van der Waals surface area contributed by atoms with Crippen LogP contribution >= 0.6 is 0 Å². The molecule has 1 unspecified atom stereocenters. The summed E-state index contributed by atoms with van der Waals surface area (Å²) in [4.78, 5) is 13.8. The van der Waals surface area contributed by atoms with Crippen LogP contribution in [0.5, 0.6) is 0 Å². The maximum absolute atomic E-state index is 12.0. The number of nitrogens with one attached hydrogen (secondary N) is 1. The zero-order valence-corrected chi connectivity index (χ0v) is 13.7. The molecule has 0 saturated carbocycles. The second-order valence-corrected chi connectivity index (χ2v) is 7.12. The highest BCUT2D eigenvalue weighted by molar-refractivity contribution is 5.68. The summed E-state index contributed by atoms with van der Waals surface area (Å²) < 4.78 is 11.4. The van der Waals surface area contributed by atoms with E-state index in [1.807, 2.05) is 20.8 Å². The smallest absolute Gasteiger partial charge is 0.410 e. The molecule has 1 N–H and O–H groups in total. The predicted molar refractivity (Wildman–Crippen MR) is 82.4 cm³/mol. The van der Waals surface area contributed by atoms with E-state index in [9.17, 15) is 4.79 Å². The van der Waals surface area contributed by atoms with Gasteiger partial charge in [0, 0.05) is 25.7 Å². The zero-order valence-electron chi connectivity index (χ0n) is 13.7. The monoisotopic (exact) mass is 298 g/mol. The fraction of sp³-hybridized carbons (Fsp3) is 0.938. The van der Waals surface area contributed by atoms with Gasteiger partial charge in [0.05, 0.1) is 6.10 Å². The van der Waals surface area contributed by atoms with Crippen LogP contribution in [0.25, 0.3) is 0 Å². The Kier molecular flexibility index (Phi) is 5.88.